The summed E-state index contributed by atoms with van der Waals surface area (Å²) < 4.78 is 13.0. The maximum absolute atomic E-state index is 13.0. The molecule has 1 unspecified atom stereocenters. The molecule has 0 radical (unpaired) electrons. The number of likely N-dealkylation sites (N-methyl/N-ethyl adjacent to an activating group) is 1. The third-order valence-electron chi connectivity index (χ3n) is 4.92. The molecule has 0 aromatic heterocycles. The predicted molar refractivity (Wildman–Crippen MR) is 116 cm³/mol. The summed E-state index contributed by atoms with van der Waals surface area (Å²) in [5.41, 5.74) is 0.688. The second-order valence-corrected chi connectivity index (χ2v) is 7.99. The fraction of sp³-hybridized carbons (Fsp3) is 0.545. The minimum Gasteiger partial charge on any atom is -0.387 e. The fourth-order valence-corrected chi connectivity index (χ4v) is 2.98. The van der Waals surface area contributed by atoms with E-state index in [-0.39, 0.29) is 37.0 Å². The van der Waals surface area contributed by atoms with Crippen LogP contribution in [0, 0.1) is 17.1 Å². The number of hydrogen-bond donors (Lipinski definition) is 4. The molecule has 0 aliphatic rings. The zero-order valence-corrected chi connectivity index (χ0v) is 18.5. The monoisotopic (exact) mass is 436 g/mol. The normalized spacial score (nSPS) is 13.8. The van der Waals surface area contributed by atoms with Crippen LogP contribution in [0.5, 0.6) is 0 Å². The summed E-state index contributed by atoms with van der Waals surface area (Å²) in [6, 6.07) is 3.96. The topological polar surface area (TPSA) is 123 Å². The molecule has 1 aromatic rings. The lowest BCUT2D eigenvalue weighted by atomic mass is 10.0. The number of benzene rings is 1. The Bertz CT molecular complexity index is 754. The Morgan fingerprint density at radius 2 is 1.77 bits per heavy atom. The molecule has 172 valence electrons. The molecule has 3 atom stereocenters. The number of aliphatic hydroxyl groups excluding tert-OH is 1. The molecule has 31 heavy (non-hydrogen) atoms. The molecule has 1 rings (SSSR count). The van der Waals surface area contributed by atoms with Crippen molar-refractivity contribution in [3.05, 3.63) is 35.6 Å². The molecule has 8 nitrogen and oxygen atoms in total. The first-order valence-corrected chi connectivity index (χ1v) is 10.3. The van der Waals surface area contributed by atoms with Crippen molar-refractivity contribution >= 4 is 23.9 Å². The van der Waals surface area contributed by atoms with Gasteiger partial charge in [-0.2, -0.15) is 0 Å². The van der Waals surface area contributed by atoms with E-state index in [4.69, 9.17) is 5.41 Å². The Kier molecular flexibility index (Phi) is 10.8. The van der Waals surface area contributed by atoms with Gasteiger partial charge in [0.2, 0.25) is 17.7 Å². The summed E-state index contributed by atoms with van der Waals surface area (Å²) in [5, 5.41) is 22.2. The molecule has 0 heterocycles. The summed E-state index contributed by atoms with van der Waals surface area (Å²) >= 11 is 0. The van der Waals surface area contributed by atoms with Crippen LogP contribution in [-0.2, 0) is 20.9 Å². The maximum Gasteiger partial charge on any atom is 0.243 e. The summed E-state index contributed by atoms with van der Waals surface area (Å²) in [6.45, 7) is 5.37. The van der Waals surface area contributed by atoms with Gasteiger partial charge in [-0.25, -0.2) is 4.39 Å². The van der Waals surface area contributed by atoms with Crippen LogP contribution in [0.4, 0.5) is 4.39 Å². The van der Waals surface area contributed by atoms with E-state index in [0.717, 1.165) is 6.21 Å². The van der Waals surface area contributed by atoms with Crippen LogP contribution in [0.3, 0.4) is 0 Å². The standard InChI is InChI=1S/C22H33FN4O4/c1-14(2)11-20(27(4)15(3)28)22(31)26-19(10-9-18(29)12-24)21(30)25-13-16-5-7-17(23)8-6-16/h5-8,12,14,18-20,24,29H,9-11,13H2,1-4H3,(H,25,30)(H,26,31)/t18?,19-,20-/m0/s1. The van der Waals surface area contributed by atoms with Gasteiger partial charge in [0.15, 0.2) is 0 Å². The number of nitrogens with one attached hydrogen (secondary N) is 3. The van der Waals surface area contributed by atoms with Gasteiger partial charge in [-0.05, 0) is 42.9 Å². The smallest absolute Gasteiger partial charge is 0.243 e. The number of carbonyl (C=O) groups is 3. The number of carbonyl (C=O) groups excluding carboxylic acids is 3. The van der Waals surface area contributed by atoms with Gasteiger partial charge in [0.05, 0.1) is 6.10 Å². The molecule has 9 heteroatoms. The van der Waals surface area contributed by atoms with Crippen molar-refractivity contribution in [2.24, 2.45) is 5.92 Å². The first-order chi connectivity index (χ1) is 14.5. The fourth-order valence-electron chi connectivity index (χ4n) is 2.98. The summed E-state index contributed by atoms with van der Waals surface area (Å²) in [6.07, 6.45) is 0.469. The van der Waals surface area contributed by atoms with Crippen LogP contribution in [-0.4, -0.2) is 59.2 Å². The van der Waals surface area contributed by atoms with Gasteiger partial charge in [0, 0.05) is 26.7 Å². The highest BCUT2D eigenvalue weighted by molar-refractivity contribution is 5.91. The van der Waals surface area contributed by atoms with E-state index >= 15 is 0 Å². The predicted octanol–water partition coefficient (Wildman–Crippen LogP) is 1.61. The van der Waals surface area contributed by atoms with Gasteiger partial charge in [-0.3, -0.25) is 14.4 Å². The Hall–Kier alpha value is -2.81. The van der Waals surface area contributed by atoms with Gasteiger partial charge < -0.3 is 26.0 Å². The summed E-state index contributed by atoms with van der Waals surface area (Å²) in [5.74, 6) is -1.44. The number of hydrogen-bond acceptors (Lipinski definition) is 5. The van der Waals surface area contributed by atoms with Gasteiger partial charge in [0.1, 0.15) is 17.9 Å². The molecule has 1 aromatic carbocycles. The van der Waals surface area contributed by atoms with Crippen LogP contribution < -0.4 is 10.6 Å². The van der Waals surface area contributed by atoms with Crippen molar-refractivity contribution in [1.82, 2.24) is 15.5 Å². The average molecular weight is 437 g/mol. The molecule has 0 aliphatic heterocycles. The molecule has 0 spiro atoms. The highest BCUT2D eigenvalue weighted by atomic mass is 19.1. The first-order valence-electron chi connectivity index (χ1n) is 10.3. The second-order valence-electron chi connectivity index (χ2n) is 7.99. The lowest BCUT2D eigenvalue weighted by molar-refractivity contribution is -0.139. The second kappa shape index (κ2) is 12.8. The third kappa shape index (κ3) is 9.25. The van der Waals surface area contributed by atoms with Crippen LogP contribution >= 0.6 is 0 Å². The Labute approximate surface area is 182 Å². The quantitative estimate of drug-likeness (QED) is 0.372. The number of nitrogens with zero attached hydrogens (tertiary/aromatic N) is 1. The number of rotatable bonds is 12. The van der Waals surface area contributed by atoms with Crippen molar-refractivity contribution < 1.29 is 23.9 Å². The summed E-state index contributed by atoms with van der Waals surface area (Å²) in [4.78, 5) is 38.8. The Morgan fingerprint density at radius 3 is 2.29 bits per heavy atom. The maximum atomic E-state index is 13.0. The van der Waals surface area contributed by atoms with E-state index < -0.39 is 30.0 Å². The van der Waals surface area contributed by atoms with Crippen molar-refractivity contribution in [1.29, 1.82) is 5.41 Å². The van der Waals surface area contributed by atoms with E-state index in [2.05, 4.69) is 10.6 Å². The lowest BCUT2D eigenvalue weighted by Gasteiger charge is -2.29. The molecule has 0 saturated carbocycles. The first kappa shape index (κ1) is 26.2. The lowest BCUT2D eigenvalue weighted by Crippen LogP contribution is -2.54. The van der Waals surface area contributed by atoms with E-state index in [9.17, 15) is 23.9 Å². The largest absolute Gasteiger partial charge is 0.387 e. The minimum atomic E-state index is -1.03. The highest BCUT2D eigenvalue weighted by Crippen LogP contribution is 2.12. The van der Waals surface area contributed by atoms with Crippen LogP contribution in [0.25, 0.3) is 0 Å². The molecule has 0 aliphatic carbocycles. The number of amides is 3. The molecule has 3 amide bonds. The van der Waals surface area contributed by atoms with E-state index in [1.165, 1.54) is 31.0 Å². The highest BCUT2D eigenvalue weighted by Gasteiger charge is 2.30. The van der Waals surface area contributed by atoms with Gasteiger partial charge >= 0.3 is 0 Å². The zero-order valence-electron chi connectivity index (χ0n) is 18.5. The Morgan fingerprint density at radius 1 is 1.16 bits per heavy atom. The van der Waals surface area contributed by atoms with Gasteiger partial charge in [-0.15, -0.1) is 0 Å². The molecular formula is C22H33FN4O4. The van der Waals surface area contributed by atoms with Crippen molar-refractivity contribution in [2.45, 2.75) is 64.8 Å². The van der Waals surface area contributed by atoms with Crippen molar-refractivity contribution in [2.75, 3.05) is 7.05 Å². The average Bonchev–Trinajstić information content (AvgIpc) is 2.72. The van der Waals surface area contributed by atoms with Crippen LogP contribution in [0.2, 0.25) is 0 Å². The molecule has 0 saturated heterocycles. The van der Waals surface area contributed by atoms with Crippen LogP contribution in [0.1, 0.15) is 45.6 Å². The van der Waals surface area contributed by atoms with Gasteiger partial charge in [-0.1, -0.05) is 26.0 Å². The third-order valence-corrected chi connectivity index (χ3v) is 4.92. The molecule has 0 fully saturated rings. The molecular weight excluding hydrogens is 403 g/mol. The SMILES string of the molecule is CC(=O)N(C)[C@@H](CC(C)C)C(=O)N[C@@H](CCC(O)C=N)C(=O)NCc1ccc(F)cc1. The van der Waals surface area contributed by atoms with Crippen molar-refractivity contribution in [3.8, 4) is 0 Å². The Balaban J connectivity index is 2.91. The zero-order chi connectivity index (χ0) is 23.6. The number of halogens is 1. The van der Waals surface area contributed by atoms with E-state index in [1.807, 2.05) is 13.8 Å². The van der Waals surface area contributed by atoms with E-state index in [1.54, 1.807) is 12.1 Å². The van der Waals surface area contributed by atoms with E-state index in [0.29, 0.717) is 12.0 Å². The molecule has 0 bridgehead atoms. The summed E-state index contributed by atoms with van der Waals surface area (Å²) in [7, 11) is 1.54. The minimum absolute atomic E-state index is 0.107. The molecule has 4 N–H and O–H groups in total. The van der Waals surface area contributed by atoms with Crippen LogP contribution in [0.15, 0.2) is 24.3 Å². The van der Waals surface area contributed by atoms with Crippen molar-refractivity contribution in [3.63, 3.8) is 0 Å². The van der Waals surface area contributed by atoms with Gasteiger partial charge in [0.25, 0.3) is 0 Å². The number of aliphatic hydroxyl groups is 1.